The molecule has 1 aromatic carbocycles. The van der Waals surface area contributed by atoms with Crippen LogP contribution in [0, 0.1) is 3.57 Å². The lowest BCUT2D eigenvalue weighted by Crippen LogP contribution is -1.84. The first-order chi connectivity index (χ1) is 6.20. The first kappa shape index (κ1) is 9.68. The number of rotatable bonds is 0. The average Bonchev–Trinajstić information content (AvgIpc) is 2.12. The molecule has 4 heteroatoms. The van der Waals surface area contributed by atoms with Gasteiger partial charge in [0, 0.05) is 15.2 Å². The number of para-hydroxylation sites is 1. The molecule has 2 aromatic rings. The van der Waals surface area contributed by atoms with Crippen molar-refractivity contribution in [2.75, 3.05) is 0 Å². The van der Waals surface area contributed by atoms with Gasteiger partial charge in [-0.3, -0.25) is 4.98 Å². The fourth-order valence-corrected chi connectivity index (χ4v) is 2.28. The Morgan fingerprint density at radius 3 is 2.92 bits per heavy atom. The fourth-order valence-electron chi connectivity index (χ4n) is 1.13. The molecule has 13 heavy (non-hydrogen) atoms. The molecule has 0 aliphatic carbocycles. The van der Waals surface area contributed by atoms with Crippen molar-refractivity contribution in [3.63, 3.8) is 0 Å². The first-order valence-electron chi connectivity index (χ1n) is 3.58. The van der Waals surface area contributed by atoms with Crippen molar-refractivity contribution in [3.05, 3.63) is 37.5 Å². The van der Waals surface area contributed by atoms with Gasteiger partial charge in [-0.15, -0.1) is 0 Å². The van der Waals surface area contributed by atoms with Crippen molar-refractivity contribution < 1.29 is 0 Å². The van der Waals surface area contributed by atoms with Crippen LogP contribution < -0.4 is 0 Å². The summed E-state index contributed by atoms with van der Waals surface area (Å²) in [4.78, 5) is 4.30. The summed E-state index contributed by atoms with van der Waals surface area (Å²) in [5.74, 6) is 0. The van der Waals surface area contributed by atoms with Gasteiger partial charge in [-0.25, -0.2) is 0 Å². The summed E-state index contributed by atoms with van der Waals surface area (Å²) in [6.45, 7) is 0. The Morgan fingerprint density at radius 1 is 1.38 bits per heavy atom. The molecule has 0 aliphatic rings. The fraction of sp³-hybridized carbons (Fsp3) is 0. The van der Waals surface area contributed by atoms with E-state index in [0.29, 0.717) is 0 Å². The van der Waals surface area contributed by atoms with E-state index in [1.807, 2.05) is 18.2 Å². The highest BCUT2D eigenvalue weighted by molar-refractivity contribution is 14.1. The van der Waals surface area contributed by atoms with Gasteiger partial charge >= 0.3 is 0 Å². The number of pyridine rings is 1. The van der Waals surface area contributed by atoms with Gasteiger partial charge in [-0.05, 0) is 44.6 Å². The number of fused-ring (bicyclic) bond motifs is 1. The van der Waals surface area contributed by atoms with Crippen molar-refractivity contribution in [3.8, 4) is 0 Å². The van der Waals surface area contributed by atoms with E-state index < -0.39 is 0 Å². The van der Waals surface area contributed by atoms with Crippen LogP contribution in [-0.4, -0.2) is 4.98 Å². The van der Waals surface area contributed by atoms with E-state index in [-0.39, 0.29) is 0 Å². The van der Waals surface area contributed by atoms with Crippen molar-refractivity contribution in [1.82, 2.24) is 4.98 Å². The number of halogens is 3. The topological polar surface area (TPSA) is 12.9 Å². The van der Waals surface area contributed by atoms with Gasteiger partial charge in [0.15, 0.2) is 0 Å². The number of nitrogens with zero attached hydrogens (tertiary/aromatic N) is 1. The van der Waals surface area contributed by atoms with Gasteiger partial charge in [0.1, 0.15) is 0 Å². The summed E-state index contributed by atoms with van der Waals surface area (Å²) in [5.41, 5.74) is 0.955. The minimum atomic E-state index is 0.725. The predicted molar refractivity (Wildman–Crippen MR) is 67.2 cm³/mol. The molecule has 1 heterocycles. The molecule has 0 unspecified atom stereocenters. The molecule has 1 nitrogen and oxygen atoms in total. The normalized spacial score (nSPS) is 10.7. The number of hydrogen-bond acceptors (Lipinski definition) is 1. The highest BCUT2D eigenvalue weighted by Gasteiger charge is 2.05. The average molecular weight is 368 g/mol. The highest BCUT2D eigenvalue weighted by atomic mass is 127. The lowest BCUT2D eigenvalue weighted by molar-refractivity contribution is 1.38. The minimum Gasteiger partial charge on any atom is -0.254 e. The van der Waals surface area contributed by atoms with Gasteiger partial charge in [-0.2, -0.15) is 0 Å². The van der Waals surface area contributed by atoms with Crippen LogP contribution in [0.4, 0.5) is 0 Å². The number of aromatic nitrogens is 1. The molecular formula is C9H4BrClIN. The quantitative estimate of drug-likeness (QED) is 0.634. The maximum atomic E-state index is 6.11. The van der Waals surface area contributed by atoms with Crippen molar-refractivity contribution >= 4 is 61.0 Å². The van der Waals surface area contributed by atoms with E-state index in [2.05, 4.69) is 43.5 Å². The van der Waals surface area contributed by atoms with Crippen LogP contribution in [0.1, 0.15) is 0 Å². The summed E-state index contributed by atoms with van der Waals surface area (Å²) in [5, 5.41) is 1.71. The van der Waals surface area contributed by atoms with E-state index in [1.165, 1.54) is 0 Å². The van der Waals surface area contributed by atoms with Crippen LogP contribution in [0.15, 0.2) is 28.9 Å². The Morgan fingerprint density at radius 2 is 2.15 bits per heavy atom. The van der Waals surface area contributed by atoms with Crippen LogP contribution in [0.5, 0.6) is 0 Å². The summed E-state index contributed by atoms with van der Waals surface area (Å²) < 4.78 is 1.95. The Labute approximate surface area is 103 Å². The molecule has 0 saturated heterocycles. The van der Waals surface area contributed by atoms with Crippen molar-refractivity contribution in [1.29, 1.82) is 0 Å². The molecule has 0 radical (unpaired) electrons. The maximum Gasteiger partial charge on any atom is 0.0851 e. The van der Waals surface area contributed by atoms with E-state index in [1.54, 1.807) is 6.20 Å². The molecular weight excluding hydrogens is 364 g/mol. The zero-order chi connectivity index (χ0) is 9.42. The number of hydrogen-bond donors (Lipinski definition) is 0. The van der Waals surface area contributed by atoms with E-state index in [9.17, 15) is 0 Å². The molecule has 0 bridgehead atoms. The SMILES string of the molecule is Clc1c(Br)cnc2c(I)cccc12. The molecule has 0 spiro atoms. The molecule has 0 fully saturated rings. The van der Waals surface area contributed by atoms with Gasteiger partial charge in [0.25, 0.3) is 0 Å². The van der Waals surface area contributed by atoms with Crippen LogP contribution in [0.25, 0.3) is 10.9 Å². The van der Waals surface area contributed by atoms with Gasteiger partial charge in [0.05, 0.1) is 15.0 Å². The summed E-state index contributed by atoms with van der Waals surface area (Å²) >= 11 is 11.7. The smallest absolute Gasteiger partial charge is 0.0851 e. The molecule has 1 aromatic heterocycles. The van der Waals surface area contributed by atoms with Gasteiger partial charge in [-0.1, -0.05) is 23.7 Å². The molecule has 2 rings (SSSR count). The largest absolute Gasteiger partial charge is 0.254 e. The highest BCUT2D eigenvalue weighted by Crippen LogP contribution is 2.30. The van der Waals surface area contributed by atoms with Gasteiger partial charge < -0.3 is 0 Å². The first-order valence-corrected chi connectivity index (χ1v) is 5.83. The Kier molecular flexibility index (Phi) is 2.76. The molecule has 0 aliphatic heterocycles. The van der Waals surface area contributed by atoms with E-state index >= 15 is 0 Å². The molecule has 0 saturated carbocycles. The maximum absolute atomic E-state index is 6.11. The summed E-state index contributed by atoms with van der Waals surface area (Å²) in [6.07, 6.45) is 1.73. The Bertz CT molecular complexity index is 472. The summed E-state index contributed by atoms with van der Waals surface area (Å²) in [6, 6.07) is 5.96. The summed E-state index contributed by atoms with van der Waals surface area (Å²) in [7, 11) is 0. The Hall–Kier alpha value is 0.130. The molecule has 0 N–H and O–H groups in total. The van der Waals surface area contributed by atoms with E-state index in [0.717, 1.165) is 24.0 Å². The predicted octanol–water partition coefficient (Wildman–Crippen LogP) is 4.26. The lowest BCUT2D eigenvalue weighted by Gasteiger charge is -2.02. The van der Waals surface area contributed by atoms with E-state index in [4.69, 9.17) is 11.6 Å². The number of benzene rings is 1. The van der Waals surface area contributed by atoms with Gasteiger partial charge in [0.2, 0.25) is 0 Å². The van der Waals surface area contributed by atoms with Crippen LogP contribution in [0.2, 0.25) is 5.02 Å². The van der Waals surface area contributed by atoms with Crippen LogP contribution in [-0.2, 0) is 0 Å². The third-order valence-electron chi connectivity index (χ3n) is 1.74. The zero-order valence-electron chi connectivity index (χ0n) is 6.39. The standard InChI is InChI=1S/C9H4BrClIN/c10-6-4-13-9-5(8(6)11)2-1-3-7(9)12/h1-4H. The molecule has 0 atom stereocenters. The zero-order valence-corrected chi connectivity index (χ0v) is 10.9. The van der Waals surface area contributed by atoms with Crippen molar-refractivity contribution in [2.24, 2.45) is 0 Å². The van der Waals surface area contributed by atoms with Crippen molar-refractivity contribution in [2.45, 2.75) is 0 Å². The van der Waals surface area contributed by atoms with Crippen LogP contribution in [0.3, 0.4) is 0 Å². The lowest BCUT2D eigenvalue weighted by atomic mass is 10.2. The third kappa shape index (κ3) is 1.69. The van der Waals surface area contributed by atoms with Crippen LogP contribution >= 0.6 is 50.1 Å². The second kappa shape index (κ2) is 3.71. The second-order valence-electron chi connectivity index (χ2n) is 2.56. The second-order valence-corrected chi connectivity index (χ2v) is 4.95. The minimum absolute atomic E-state index is 0.725. The molecule has 0 amide bonds. The molecule has 66 valence electrons. The Balaban J connectivity index is 2.94. The monoisotopic (exact) mass is 367 g/mol. The third-order valence-corrected chi connectivity index (χ3v) is 3.85.